The van der Waals surface area contributed by atoms with E-state index in [1.807, 2.05) is 36.4 Å². The normalized spacial score (nSPS) is 23.3. The molecule has 40 heavy (non-hydrogen) atoms. The molecule has 2 bridgehead atoms. The Labute approximate surface area is 238 Å². The number of nitrogens with one attached hydrogen (secondary N) is 1. The maximum absolute atomic E-state index is 16.7. The lowest BCUT2D eigenvalue weighted by Crippen LogP contribution is -2.36. The van der Waals surface area contributed by atoms with Gasteiger partial charge in [0.05, 0.1) is 5.02 Å². The summed E-state index contributed by atoms with van der Waals surface area (Å²) in [4.78, 5) is 14.1. The number of ether oxygens (including phenoxy) is 1. The van der Waals surface area contributed by atoms with Crippen molar-refractivity contribution in [2.75, 3.05) is 43.9 Å². The molecule has 0 saturated carbocycles. The van der Waals surface area contributed by atoms with Crippen molar-refractivity contribution in [3.63, 3.8) is 0 Å². The Hall–Kier alpha value is -3.20. The van der Waals surface area contributed by atoms with Crippen LogP contribution in [0.2, 0.25) is 5.02 Å². The van der Waals surface area contributed by atoms with E-state index in [1.54, 1.807) is 6.07 Å². The summed E-state index contributed by atoms with van der Waals surface area (Å²) in [7, 11) is 2.11. The fourth-order valence-electron chi connectivity index (χ4n) is 6.75. The first kappa shape index (κ1) is 25.7. The zero-order valence-electron chi connectivity index (χ0n) is 22.7. The zero-order valence-corrected chi connectivity index (χ0v) is 23.4. The van der Waals surface area contributed by atoms with Gasteiger partial charge in [0.1, 0.15) is 17.9 Å². The number of nitrogen functional groups attached to an aromatic ring is 1. The van der Waals surface area contributed by atoms with Crippen LogP contribution in [-0.4, -0.2) is 66.3 Å². The predicted octanol–water partition coefficient (Wildman–Crippen LogP) is 5.63. The van der Waals surface area contributed by atoms with Gasteiger partial charge in [0.2, 0.25) is 0 Å². The smallest absolute Gasteiger partial charge is 0.319 e. The van der Waals surface area contributed by atoms with Crippen LogP contribution < -0.4 is 20.7 Å². The van der Waals surface area contributed by atoms with Gasteiger partial charge in [-0.2, -0.15) is 9.97 Å². The molecule has 4 aromatic rings. The molecule has 3 saturated heterocycles. The average Bonchev–Trinajstić information content (AvgIpc) is 3.50. The van der Waals surface area contributed by atoms with Gasteiger partial charge in [0, 0.05) is 47.9 Å². The van der Waals surface area contributed by atoms with Gasteiger partial charge in [0.15, 0.2) is 5.82 Å². The maximum Gasteiger partial charge on any atom is 0.319 e. The van der Waals surface area contributed by atoms with E-state index < -0.39 is 5.82 Å². The topological polar surface area (TPSA) is 79.5 Å². The molecule has 3 aliphatic rings. The number of nitrogens with zero attached hydrogens (tertiary/aromatic N) is 4. The fraction of sp³-hybridized carbons (Fsp3) is 0.419. The predicted molar refractivity (Wildman–Crippen MR) is 160 cm³/mol. The lowest BCUT2D eigenvalue weighted by Gasteiger charge is -2.27. The number of benzene rings is 3. The number of hydrogen-bond donors (Lipinski definition) is 2. The Morgan fingerprint density at radius 1 is 1.05 bits per heavy atom. The largest absolute Gasteiger partial charge is 0.462 e. The molecule has 7 nitrogen and oxygen atoms in total. The van der Waals surface area contributed by atoms with Crippen LogP contribution in [0.15, 0.2) is 42.5 Å². The van der Waals surface area contributed by atoms with Gasteiger partial charge in [0.25, 0.3) is 0 Å². The van der Waals surface area contributed by atoms with E-state index in [-0.39, 0.29) is 11.5 Å². The molecule has 4 heterocycles. The lowest BCUT2D eigenvalue weighted by molar-refractivity contribution is 0.188. The van der Waals surface area contributed by atoms with E-state index in [0.29, 0.717) is 57.8 Å². The molecule has 0 amide bonds. The Morgan fingerprint density at radius 2 is 1.90 bits per heavy atom. The summed E-state index contributed by atoms with van der Waals surface area (Å²) in [6.07, 6.45) is 5.54. The number of anilines is 2. The molecule has 7 rings (SSSR count). The van der Waals surface area contributed by atoms with Crippen molar-refractivity contribution in [3.8, 4) is 17.1 Å². The molecule has 3 aliphatic heterocycles. The van der Waals surface area contributed by atoms with E-state index in [1.165, 1.54) is 6.42 Å². The molecule has 1 aromatic heterocycles. The first-order valence-corrected chi connectivity index (χ1v) is 14.6. The molecule has 0 unspecified atom stereocenters. The van der Waals surface area contributed by atoms with E-state index in [9.17, 15) is 0 Å². The molecule has 3 N–H and O–H groups in total. The second-order valence-corrected chi connectivity index (χ2v) is 11.9. The third-order valence-electron chi connectivity index (χ3n) is 8.89. The van der Waals surface area contributed by atoms with E-state index in [4.69, 9.17) is 27.1 Å². The highest BCUT2D eigenvalue weighted by atomic mass is 35.5. The Morgan fingerprint density at radius 3 is 2.75 bits per heavy atom. The van der Waals surface area contributed by atoms with Crippen molar-refractivity contribution in [2.24, 2.45) is 0 Å². The van der Waals surface area contributed by atoms with Gasteiger partial charge in [-0.05, 0) is 80.2 Å². The molecule has 9 heteroatoms. The summed E-state index contributed by atoms with van der Waals surface area (Å²) >= 11 is 6.90. The third-order valence-corrected chi connectivity index (χ3v) is 9.19. The Balaban J connectivity index is 1.38. The summed E-state index contributed by atoms with van der Waals surface area (Å²) < 4.78 is 22.9. The number of halogens is 2. The first-order valence-electron chi connectivity index (χ1n) is 14.3. The monoisotopic (exact) mass is 560 g/mol. The summed E-state index contributed by atoms with van der Waals surface area (Å²) in [5, 5.41) is 6.43. The Bertz CT molecular complexity index is 1600. The molecule has 3 aromatic carbocycles. The molecular weight excluding hydrogens is 527 g/mol. The molecule has 0 aliphatic carbocycles. The van der Waals surface area contributed by atoms with Crippen LogP contribution in [0.25, 0.3) is 32.8 Å². The minimum absolute atomic E-state index is 0.203. The third kappa shape index (κ3) is 4.62. The van der Waals surface area contributed by atoms with Gasteiger partial charge in [-0.3, -0.25) is 0 Å². The van der Waals surface area contributed by atoms with Gasteiger partial charge < -0.3 is 25.6 Å². The second kappa shape index (κ2) is 10.3. The van der Waals surface area contributed by atoms with E-state index in [0.717, 1.165) is 56.1 Å². The summed E-state index contributed by atoms with van der Waals surface area (Å²) in [6.45, 7) is 3.14. The van der Waals surface area contributed by atoms with Crippen molar-refractivity contribution >= 4 is 44.8 Å². The van der Waals surface area contributed by atoms with E-state index in [2.05, 4.69) is 27.1 Å². The minimum atomic E-state index is -0.487. The van der Waals surface area contributed by atoms with Crippen LogP contribution in [0, 0.1) is 5.82 Å². The number of rotatable bonds is 5. The van der Waals surface area contributed by atoms with Crippen LogP contribution >= 0.6 is 11.6 Å². The number of aromatic nitrogens is 2. The quantitative estimate of drug-likeness (QED) is 0.306. The van der Waals surface area contributed by atoms with Gasteiger partial charge in [-0.15, -0.1) is 0 Å². The summed E-state index contributed by atoms with van der Waals surface area (Å²) in [6, 6.07) is 14.7. The second-order valence-electron chi connectivity index (χ2n) is 11.5. The van der Waals surface area contributed by atoms with Crippen molar-refractivity contribution in [3.05, 3.63) is 53.3 Å². The Kier molecular flexibility index (Phi) is 6.65. The van der Waals surface area contributed by atoms with Crippen molar-refractivity contribution in [1.82, 2.24) is 20.2 Å². The number of fused-ring (bicyclic) bond motifs is 4. The molecule has 3 atom stereocenters. The number of likely N-dealkylation sites (N-methyl/N-ethyl adjacent to an activating group) is 1. The van der Waals surface area contributed by atoms with Gasteiger partial charge in [-0.1, -0.05) is 35.9 Å². The van der Waals surface area contributed by atoms with Gasteiger partial charge >= 0.3 is 6.01 Å². The standard InChI is InChI=1S/C31H34ClFN6O/c1-38-11-4-6-22(38)17-40-31-36-29-25(30(37-31)39-12-10-20-8-9-21(16-39)35-20)15-26(32)27(28(29)33)24-14-19(34)13-18-5-2-3-7-23(18)24/h2-3,5,7,13-15,20-22,35H,4,6,8-12,16-17,34H2,1H3/t20-,21+,22+/m1/s1. The van der Waals surface area contributed by atoms with Crippen LogP contribution in [0.5, 0.6) is 6.01 Å². The van der Waals surface area contributed by atoms with Crippen LogP contribution in [-0.2, 0) is 0 Å². The maximum atomic E-state index is 16.7. The highest BCUT2D eigenvalue weighted by Gasteiger charge is 2.32. The van der Waals surface area contributed by atoms with Crippen LogP contribution in [0.3, 0.4) is 0 Å². The summed E-state index contributed by atoms with van der Waals surface area (Å²) in [5.74, 6) is 0.193. The molecule has 0 radical (unpaired) electrons. The molecule has 208 valence electrons. The number of likely N-dealkylation sites (tertiary alicyclic amines) is 1. The van der Waals surface area contributed by atoms with E-state index >= 15 is 4.39 Å². The fourth-order valence-corrected chi connectivity index (χ4v) is 7.04. The van der Waals surface area contributed by atoms with Crippen LogP contribution in [0.1, 0.15) is 32.1 Å². The van der Waals surface area contributed by atoms with Crippen molar-refractivity contribution in [1.29, 1.82) is 0 Å². The van der Waals surface area contributed by atoms with Crippen molar-refractivity contribution in [2.45, 2.75) is 50.2 Å². The lowest BCUT2D eigenvalue weighted by atomic mass is 9.96. The first-order chi connectivity index (χ1) is 19.4. The SMILES string of the molecule is CN1CCC[C@H]1COc1nc(N2CC[C@H]3CC[C@@H](C2)N3)c2cc(Cl)c(-c3cc(N)cc4ccccc34)c(F)c2n1. The highest BCUT2D eigenvalue weighted by molar-refractivity contribution is 6.35. The molecular formula is C31H34ClFN6O. The van der Waals surface area contributed by atoms with Gasteiger partial charge in [-0.25, -0.2) is 4.39 Å². The number of hydrogen-bond acceptors (Lipinski definition) is 7. The average molecular weight is 561 g/mol. The number of nitrogens with two attached hydrogens (primary N) is 1. The molecule has 0 spiro atoms. The highest BCUT2D eigenvalue weighted by Crippen LogP contribution is 2.42. The minimum Gasteiger partial charge on any atom is -0.462 e. The molecule has 3 fully saturated rings. The van der Waals surface area contributed by atoms with Crippen molar-refractivity contribution < 1.29 is 9.13 Å². The summed E-state index contributed by atoms with van der Waals surface area (Å²) in [5.41, 5.74) is 7.95. The zero-order chi connectivity index (χ0) is 27.4. The van der Waals surface area contributed by atoms with Crippen LogP contribution in [0.4, 0.5) is 15.9 Å².